The maximum absolute atomic E-state index is 13.3. The van der Waals surface area contributed by atoms with Gasteiger partial charge in [0.15, 0.2) is 0 Å². The highest BCUT2D eigenvalue weighted by Gasteiger charge is 2.25. The van der Waals surface area contributed by atoms with Gasteiger partial charge in [0, 0.05) is 56.9 Å². The van der Waals surface area contributed by atoms with Crippen LogP contribution in [0.4, 0.5) is 0 Å². The lowest BCUT2D eigenvalue weighted by atomic mass is 10.1. The summed E-state index contributed by atoms with van der Waals surface area (Å²) < 4.78 is 12.0. The van der Waals surface area contributed by atoms with Gasteiger partial charge in [-0.05, 0) is 59.7 Å². The smallest absolute Gasteiger partial charge is 0.252 e. The Morgan fingerprint density at radius 2 is 1.06 bits per heavy atom. The van der Waals surface area contributed by atoms with Gasteiger partial charge in [-0.1, -0.05) is 70.1 Å². The fraction of sp³-hybridized carbons (Fsp3) is 0.158. The summed E-state index contributed by atoms with van der Waals surface area (Å²) in [6.45, 7) is 0.830. The van der Waals surface area contributed by atoms with Gasteiger partial charge in [-0.25, -0.2) is 0 Å². The van der Waals surface area contributed by atoms with Crippen LogP contribution in [0, 0.1) is 0 Å². The van der Waals surface area contributed by atoms with Crippen LogP contribution in [-0.2, 0) is 12.8 Å². The predicted octanol–water partition coefficient (Wildman–Crippen LogP) is 7.05. The number of fused-ring (bicyclic) bond motifs is 4. The van der Waals surface area contributed by atoms with Gasteiger partial charge < -0.3 is 20.1 Å². The van der Waals surface area contributed by atoms with E-state index in [9.17, 15) is 9.59 Å². The quantitative estimate of drug-likeness (QED) is 0.158. The van der Waals surface area contributed by atoms with Crippen molar-refractivity contribution in [1.82, 2.24) is 20.6 Å². The molecule has 2 amide bonds. The lowest BCUT2D eigenvalue weighted by Crippen LogP contribution is -2.34. The molecule has 238 valence electrons. The number of benzene rings is 4. The Labute approximate surface area is 285 Å². The molecule has 0 fully saturated rings. The monoisotopic (exact) mass is 670 g/mol. The zero-order valence-corrected chi connectivity index (χ0v) is 27.4. The van der Waals surface area contributed by atoms with Gasteiger partial charge >= 0.3 is 0 Å². The summed E-state index contributed by atoms with van der Waals surface area (Å²) in [6.07, 6.45) is 4.82. The van der Waals surface area contributed by atoms with Gasteiger partial charge in [0.05, 0.1) is 24.1 Å². The lowest BCUT2D eigenvalue weighted by molar-refractivity contribution is 0.0928. The van der Waals surface area contributed by atoms with E-state index in [4.69, 9.17) is 9.47 Å². The Morgan fingerprint density at radius 3 is 1.52 bits per heavy atom. The number of amides is 2. The molecule has 0 aliphatic carbocycles. The lowest BCUT2D eigenvalue weighted by Gasteiger charge is -2.14. The first-order valence-corrected chi connectivity index (χ1v) is 17.9. The third kappa shape index (κ3) is 6.05. The van der Waals surface area contributed by atoms with Crippen molar-refractivity contribution in [2.75, 3.05) is 13.1 Å². The molecular weight excluding hydrogens is 641 g/mol. The van der Waals surface area contributed by atoms with E-state index in [-0.39, 0.29) is 24.0 Å². The molecule has 0 saturated carbocycles. The number of ether oxygens (including phenoxy) is 2. The summed E-state index contributed by atoms with van der Waals surface area (Å²) in [7, 11) is 3.09. The second-order valence-corrected chi connectivity index (χ2v) is 13.9. The normalized spacial score (nSPS) is 16.2. The summed E-state index contributed by atoms with van der Waals surface area (Å²) >= 11 is 0. The number of nitrogens with zero attached hydrogens (tertiary/aromatic N) is 2. The molecule has 2 aliphatic heterocycles. The third-order valence-corrected chi connectivity index (χ3v) is 11.0. The maximum atomic E-state index is 13.3. The second-order valence-electron chi connectivity index (χ2n) is 11.7. The van der Waals surface area contributed by atoms with E-state index in [2.05, 4.69) is 32.7 Å². The van der Waals surface area contributed by atoms with Crippen LogP contribution in [0.1, 0.15) is 31.8 Å². The summed E-state index contributed by atoms with van der Waals surface area (Å²) in [5.74, 6) is 1.44. The zero-order valence-electron chi connectivity index (χ0n) is 25.7. The van der Waals surface area contributed by atoms with Crippen molar-refractivity contribution >= 4 is 55.2 Å². The zero-order chi connectivity index (χ0) is 32.5. The third-order valence-electron chi connectivity index (χ3n) is 8.58. The standard InChI is InChI=1S/C38H30N4O4S2/c43-37(41-21-25-19-23-7-1-3-11-31(23)45-25)29-13-15-33(35-27(29)9-5-17-39-35)47-48-34-16-14-30(28-10-6-18-40-36(28)34)38(44)42-22-26-20-24-8-2-4-12-32(24)46-26/h1-18,25-26H,19-22H2,(H,41,43)(H,42,44). The van der Waals surface area contributed by atoms with Crippen molar-refractivity contribution in [3.8, 4) is 11.5 Å². The molecule has 10 heteroatoms. The molecule has 4 heterocycles. The average Bonchev–Trinajstić information content (AvgIpc) is 3.75. The van der Waals surface area contributed by atoms with Gasteiger partial charge in [-0.2, -0.15) is 0 Å². The van der Waals surface area contributed by atoms with Crippen molar-refractivity contribution in [3.05, 3.63) is 132 Å². The highest BCUT2D eigenvalue weighted by molar-refractivity contribution is 8.76. The van der Waals surface area contributed by atoms with E-state index in [1.165, 1.54) is 0 Å². The molecule has 2 aliphatic rings. The maximum Gasteiger partial charge on any atom is 0.252 e. The van der Waals surface area contributed by atoms with E-state index in [0.29, 0.717) is 24.2 Å². The molecule has 0 spiro atoms. The van der Waals surface area contributed by atoms with Gasteiger partial charge in [0.2, 0.25) is 0 Å². The van der Waals surface area contributed by atoms with Crippen LogP contribution in [-0.4, -0.2) is 47.1 Å². The van der Waals surface area contributed by atoms with Crippen molar-refractivity contribution in [1.29, 1.82) is 0 Å². The SMILES string of the molecule is O=C(NCC1Cc2ccccc2O1)c1ccc(SSc2ccc(C(=O)NCC3Cc4ccccc4O3)c3cccnc23)c2ncccc12. The van der Waals surface area contributed by atoms with E-state index in [1.54, 1.807) is 34.0 Å². The minimum atomic E-state index is -0.162. The Kier molecular flexibility index (Phi) is 8.34. The van der Waals surface area contributed by atoms with E-state index in [0.717, 1.165) is 67.1 Å². The molecule has 2 aromatic heterocycles. The van der Waals surface area contributed by atoms with Gasteiger partial charge in [-0.15, -0.1) is 0 Å². The number of carbonyl (C=O) groups excluding carboxylic acids is 2. The van der Waals surface area contributed by atoms with Crippen LogP contribution in [0.25, 0.3) is 21.8 Å². The number of para-hydroxylation sites is 2. The Morgan fingerprint density at radius 1 is 0.604 bits per heavy atom. The van der Waals surface area contributed by atoms with Gasteiger partial charge in [0.1, 0.15) is 23.7 Å². The number of hydrogen-bond acceptors (Lipinski definition) is 8. The van der Waals surface area contributed by atoms with Crippen molar-refractivity contribution in [2.45, 2.75) is 34.8 Å². The van der Waals surface area contributed by atoms with Crippen LogP contribution in [0.2, 0.25) is 0 Å². The Hall–Kier alpha value is -5.06. The van der Waals surface area contributed by atoms with Crippen LogP contribution in [0.15, 0.2) is 119 Å². The minimum absolute atomic E-state index is 0.0953. The van der Waals surface area contributed by atoms with Crippen LogP contribution < -0.4 is 20.1 Å². The van der Waals surface area contributed by atoms with Crippen molar-refractivity contribution < 1.29 is 19.1 Å². The highest BCUT2D eigenvalue weighted by atomic mass is 33.1. The molecule has 8 nitrogen and oxygen atoms in total. The fourth-order valence-electron chi connectivity index (χ4n) is 6.25. The average molecular weight is 671 g/mol. The molecule has 48 heavy (non-hydrogen) atoms. The minimum Gasteiger partial charge on any atom is -0.488 e. The van der Waals surface area contributed by atoms with Gasteiger partial charge in [-0.3, -0.25) is 19.6 Å². The molecule has 2 unspecified atom stereocenters. The number of aromatic nitrogens is 2. The fourth-order valence-corrected chi connectivity index (χ4v) is 8.51. The van der Waals surface area contributed by atoms with E-state index < -0.39 is 0 Å². The van der Waals surface area contributed by atoms with Gasteiger partial charge in [0.25, 0.3) is 11.8 Å². The molecule has 0 saturated heterocycles. The van der Waals surface area contributed by atoms with E-state index >= 15 is 0 Å². The molecular formula is C38H30N4O4S2. The summed E-state index contributed by atoms with van der Waals surface area (Å²) in [5, 5.41) is 7.67. The number of nitrogens with one attached hydrogen (secondary N) is 2. The van der Waals surface area contributed by atoms with Crippen molar-refractivity contribution in [2.24, 2.45) is 0 Å². The van der Waals surface area contributed by atoms with Crippen LogP contribution in [0.3, 0.4) is 0 Å². The van der Waals surface area contributed by atoms with Crippen molar-refractivity contribution in [3.63, 3.8) is 0 Å². The molecule has 2 atom stereocenters. The highest BCUT2D eigenvalue weighted by Crippen LogP contribution is 2.43. The summed E-state index contributed by atoms with van der Waals surface area (Å²) in [5.41, 5.74) is 4.95. The van der Waals surface area contributed by atoms with Crippen LogP contribution in [0.5, 0.6) is 11.5 Å². The molecule has 0 bridgehead atoms. The topological polar surface area (TPSA) is 102 Å². The first-order valence-electron chi connectivity index (χ1n) is 15.8. The van der Waals surface area contributed by atoms with Crippen LogP contribution >= 0.6 is 21.6 Å². The molecule has 6 aromatic rings. The summed E-state index contributed by atoms with van der Waals surface area (Å²) in [6, 6.07) is 31.1. The molecule has 8 rings (SSSR count). The molecule has 0 radical (unpaired) electrons. The molecule has 2 N–H and O–H groups in total. The molecule has 4 aromatic carbocycles. The first kappa shape index (κ1) is 30.3. The largest absolute Gasteiger partial charge is 0.488 e. The number of carbonyl (C=O) groups is 2. The first-order chi connectivity index (χ1) is 23.6. The predicted molar refractivity (Wildman–Crippen MR) is 189 cm³/mol. The second kappa shape index (κ2) is 13.2. The Bertz CT molecular complexity index is 1990. The summed E-state index contributed by atoms with van der Waals surface area (Å²) in [4.78, 5) is 37.8. The number of rotatable bonds is 9. The number of pyridine rings is 2. The number of hydrogen-bond donors (Lipinski definition) is 2. The van der Waals surface area contributed by atoms with E-state index in [1.807, 2.05) is 84.9 Å². The Balaban J connectivity index is 0.951.